The van der Waals surface area contributed by atoms with Crippen molar-refractivity contribution < 1.29 is 26.1 Å². The number of hydrogen-bond acceptors (Lipinski definition) is 7. The van der Waals surface area contributed by atoms with Gasteiger partial charge in [-0.15, -0.1) is 0 Å². The number of aryl methyl sites for hydroxylation is 1. The van der Waals surface area contributed by atoms with Crippen LogP contribution in [0.1, 0.15) is 24.8 Å². The van der Waals surface area contributed by atoms with Gasteiger partial charge in [0.2, 0.25) is 21.7 Å². The number of thioether (sulfide) groups is 1. The van der Waals surface area contributed by atoms with Crippen LogP contribution in [0.25, 0.3) is 22.4 Å². The van der Waals surface area contributed by atoms with Crippen LogP contribution in [0.15, 0.2) is 57.0 Å². The van der Waals surface area contributed by atoms with Crippen molar-refractivity contribution in [3.8, 4) is 11.4 Å². The van der Waals surface area contributed by atoms with Crippen molar-refractivity contribution in [3.05, 3.63) is 53.9 Å². The zero-order valence-electron chi connectivity index (χ0n) is 17.2. The van der Waals surface area contributed by atoms with E-state index in [1.807, 2.05) is 11.5 Å². The highest BCUT2D eigenvalue weighted by Gasteiger charge is 2.30. The van der Waals surface area contributed by atoms with Gasteiger partial charge in [0.25, 0.3) is 0 Å². The van der Waals surface area contributed by atoms with Crippen molar-refractivity contribution in [2.24, 2.45) is 5.14 Å². The molecule has 0 unspecified atom stereocenters. The number of imidazole rings is 1. The van der Waals surface area contributed by atoms with Gasteiger partial charge in [-0.3, -0.25) is 0 Å². The summed E-state index contributed by atoms with van der Waals surface area (Å²) in [6.07, 6.45) is -3.66. The third-order valence-corrected chi connectivity index (χ3v) is 6.57. The van der Waals surface area contributed by atoms with Crippen molar-refractivity contribution in [1.29, 1.82) is 0 Å². The van der Waals surface area contributed by atoms with E-state index in [4.69, 9.17) is 9.66 Å². The molecule has 0 spiro atoms. The van der Waals surface area contributed by atoms with Crippen molar-refractivity contribution in [2.75, 3.05) is 0 Å². The molecule has 0 atom stereocenters. The van der Waals surface area contributed by atoms with Crippen LogP contribution in [0.3, 0.4) is 0 Å². The summed E-state index contributed by atoms with van der Waals surface area (Å²) in [5, 5.41) is 9.61. The van der Waals surface area contributed by atoms with Gasteiger partial charge in [0.15, 0.2) is 5.16 Å². The highest BCUT2D eigenvalue weighted by atomic mass is 32.2. The molecule has 0 aliphatic rings. The van der Waals surface area contributed by atoms with E-state index in [2.05, 4.69) is 15.1 Å². The number of benzene rings is 2. The molecule has 174 valence electrons. The molecular weight excluding hydrogens is 479 g/mol. The minimum absolute atomic E-state index is 0.0321. The summed E-state index contributed by atoms with van der Waals surface area (Å²) in [6.45, 7) is 2.64. The standard InChI is InChI=1S/C20H18F3N5O3S2/c1-2-8-28-16-7-6-14(33(24,29)30)10-15(16)25-19(28)32-11-17-26-18(27-31-17)12-4-3-5-13(9-12)20(21,22)23/h3-7,9-10H,2,8,11H2,1H3,(H2,24,29,30). The van der Waals surface area contributed by atoms with E-state index >= 15 is 0 Å². The second-order valence-electron chi connectivity index (χ2n) is 7.12. The molecule has 4 aromatic rings. The Bertz CT molecular complexity index is 1410. The zero-order chi connectivity index (χ0) is 23.8. The summed E-state index contributed by atoms with van der Waals surface area (Å²) in [5.74, 6) is 0.491. The van der Waals surface area contributed by atoms with Gasteiger partial charge < -0.3 is 9.09 Å². The molecule has 2 aromatic heterocycles. The Labute approximate surface area is 191 Å². The summed E-state index contributed by atoms with van der Waals surface area (Å²) in [7, 11) is -3.86. The third kappa shape index (κ3) is 5.04. The largest absolute Gasteiger partial charge is 0.416 e. The van der Waals surface area contributed by atoms with Crippen molar-refractivity contribution in [1.82, 2.24) is 19.7 Å². The van der Waals surface area contributed by atoms with Crippen LogP contribution < -0.4 is 5.14 Å². The lowest BCUT2D eigenvalue weighted by Crippen LogP contribution is -2.11. The monoisotopic (exact) mass is 497 g/mol. The number of nitrogens with zero attached hydrogens (tertiary/aromatic N) is 4. The number of hydrogen-bond donors (Lipinski definition) is 1. The predicted molar refractivity (Wildman–Crippen MR) is 116 cm³/mol. The van der Waals surface area contributed by atoms with Gasteiger partial charge in [0, 0.05) is 12.1 Å². The van der Waals surface area contributed by atoms with Crippen LogP contribution in [-0.2, 0) is 28.5 Å². The van der Waals surface area contributed by atoms with E-state index in [0.29, 0.717) is 17.2 Å². The maximum absolute atomic E-state index is 13.0. The first-order valence-corrected chi connectivity index (χ1v) is 12.3. The molecule has 8 nitrogen and oxygen atoms in total. The number of rotatable bonds is 7. The van der Waals surface area contributed by atoms with Gasteiger partial charge in [-0.25, -0.2) is 18.5 Å². The van der Waals surface area contributed by atoms with Crippen molar-refractivity contribution >= 4 is 32.8 Å². The number of nitrogens with two attached hydrogens (primary N) is 1. The van der Waals surface area contributed by atoms with E-state index in [-0.39, 0.29) is 27.9 Å². The number of fused-ring (bicyclic) bond motifs is 1. The lowest BCUT2D eigenvalue weighted by atomic mass is 10.1. The van der Waals surface area contributed by atoms with Gasteiger partial charge in [-0.05, 0) is 36.8 Å². The molecule has 0 radical (unpaired) electrons. The molecule has 0 bridgehead atoms. The molecule has 4 rings (SSSR count). The van der Waals surface area contributed by atoms with Gasteiger partial charge in [-0.1, -0.05) is 36.0 Å². The number of primary sulfonamides is 1. The van der Waals surface area contributed by atoms with Crippen LogP contribution in [0.2, 0.25) is 0 Å². The van der Waals surface area contributed by atoms with Crippen LogP contribution >= 0.6 is 11.8 Å². The van der Waals surface area contributed by atoms with E-state index in [1.54, 1.807) is 6.07 Å². The number of sulfonamides is 1. The zero-order valence-corrected chi connectivity index (χ0v) is 18.8. The lowest BCUT2D eigenvalue weighted by Gasteiger charge is -2.06. The normalized spacial score (nSPS) is 12.5. The molecule has 0 fully saturated rings. The fourth-order valence-electron chi connectivity index (χ4n) is 3.21. The Morgan fingerprint density at radius 3 is 2.64 bits per heavy atom. The fraction of sp³-hybridized carbons (Fsp3) is 0.250. The third-order valence-electron chi connectivity index (χ3n) is 4.70. The molecule has 0 amide bonds. The average molecular weight is 498 g/mol. The molecule has 0 saturated heterocycles. The van der Waals surface area contributed by atoms with Gasteiger partial charge in [-0.2, -0.15) is 18.2 Å². The quantitative estimate of drug-likeness (QED) is 0.375. The molecule has 0 saturated carbocycles. The van der Waals surface area contributed by atoms with Crippen LogP contribution in [0, 0.1) is 0 Å². The second-order valence-corrected chi connectivity index (χ2v) is 9.62. The minimum Gasteiger partial charge on any atom is -0.338 e. The SMILES string of the molecule is CCCn1c(SCc2nc(-c3cccc(C(F)(F)F)c3)no2)nc2cc(S(N)(=O)=O)ccc21. The Morgan fingerprint density at radius 2 is 1.94 bits per heavy atom. The number of alkyl halides is 3. The topological polar surface area (TPSA) is 117 Å². The Kier molecular flexibility index (Phi) is 6.20. The summed E-state index contributed by atoms with van der Waals surface area (Å²) in [5.41, 5.74) is 0.626. The molecule has 33 heavy (non-hydrogen) atoms. The summed E-state index contributed by atoms with van der Waals surface area (Å²) >= 11 is 1.29. The molecule has 13 heteroatoms. The highest BCUT2D eigenvalue weighted by Crippen LogP contribution is 2.32. The summed E-state index contributed by atoms with van der Waals surface area (Å²) in [4.78, 5) is 8.68. The first kappa shape index (κ1) is 23.3. The Hall–Kier alpha value is -2.90. The maximum Gasteiger partial charge on any atom is 0.416 e. The van der Waals surface area contributed by atoms with Crippen LogP contribution in [0.5, 0.6) is 0 Å². The number of halogens is 3. The van der Waals surface area contributed by atoms with Crippen molar-refractivity contribution in [2.45, 2.75) is 41.9 Å². The molecule has 0 aliphatic heterocycles. The number of aromatic nitrogens is 4. The van der Waals surface area contributed by atoms with E-state index in [1.165, 1.54) is 36.0 Å². The summed E-state index contributed by atoms with van der Waals surface area (Å²) in [6, 6.07) is 9.19. The van der Waals surface area contributed by atoms with Gasteiger partial charge in [0.1, 0.15) is 0 Å². The maximum atomic E-state index is 13.0. The van der Waals surface area contributed by atoms with Crippen LogP contribution in [-0.4, -0.2) is 28.1 Å². The predicted octanol–water partition coefficient (Wildman–Crippen LogP) is 4.45. The first-order chi connectivity index (χ1) is 15.6. The smallest absolute Gasteiger partial charge is 0.338 e. The summed E-state index contributed by atoms with van der Waals surface area (Å²) < 4.78 is 69.3. The van der Waals surface area contributed by atoms with Gasteiger partial charge in [0.05, 0.1) is 27.2 Å². The first-order valence-electron chi connectivity index (χ1n) is 9.72. The minimum atomic E-state index is -4.47. The Morgan fingerprint density at radius 1 is 1.15 bits per heavy atom. The van der Waals surface area contributed by atoms with Gasteiger partial charge >= 0.3 is 6.18 Å². The Balaban J connectivity index is 1.58. The average Bonchev–Trinajstić information content (AvgIpc) is 3.36. The van der Waals surface area contributed by atoms with Crippen LogP contribution in [0.4, 0.5) is 13.2 Å². The van der Waals surface area contributed by atoms with E-state index < -0.39 is 21.8 Å². The molecule has 2 aromatic carbocycles. The fourth-order valence-corrected chi connectivity index (χ4v) is 4.62. The van der Waals surface area contributed by atoms with E-state index in [0.717, 1.165) is 24.1 Å². The molecule has 0 aliphatic carbocycles. The second kappa shape index (κ2) is 8.80. The lowest BCUT2D eigenvalue weighted by molar-refractivity contribution is -0.137. The highest BCUT2D eigenvalue weighted by molar-refractivity contribution is 7.98. The molecular formula is C20H18F3N5O3S2. The molecule has 2 N–H and O–H groups in total. The van der Waals surface area contributed by atoms with E-state index in [9.17, 15) is 21.6 Å². The molecule has 2 heterocycles. The van der Waals surface area contributed by atoms with Crippen molar-refractivity contribution in [3.63, 3.8) is 0 Å².